The molecule has 0 bridgehead atoms. The van der Waals surface area contributed by atoms with E-state index in [0.717, 1.165) is 9.54 Å². The van der Waals surface area contributed by atoms with E-state index in [4.69, 9.17) is 21.8 Å². The van der Waals surface area contributed by atoms with Crippen LogP contribution in [0, 0.1) is 5.82 Å². The summed E-state index contributed by atoms with van der Waals surface area (Å²) in [5.74, 6) is -3.33. The predicted octanol–water partition coefficient (Wildman–Crippen LogP) is 3.67. The summed E-state index contributed by atoms with van der Waals surface area (Å²) in [5, 5.41) is 18.6. The van der Waals surface area contributed by atoms with Crippen LogP contribution in [0.25, 0.3) is 17.3 Å². The molecule has 0 unspecified atom stereocenters. The Bertz CT molecular complexity index is 1360. The quantitative estimate of drug-likeness (QED) is 0.353. The first kappa shape index (κ1) is 28.4. The minimum absolute atomic E-state index is 0.0439. The van der Waals surface area contributed by atoms with Crippen molar-refractivity contribution in [2.24, 2.45) is 0 Å². The smallest absolute Gasteiger partial charge is 0.328 e. The number of hydrogen-bond donors (Lipinski definition) is 3. The third-order valence-corrected chi connectivity index (χ3v) is 6.50. The van der Waals surface area contributed by atoms with Gasteiger partial charge in [0.15, 0.2) is 0 Å². The van der Waals surface area contributed by atoms with Crippen LogP contribution in [0.3, 0.4) is 0 Å². The number of carboxylic acid groups (broad SMARTS) is 2. The number of rotatable bonds is 9. The highest BCUT2D eigenvalue weighted by atomic mass is 35.5. The number of pyridine rings is 1. The summed E-state index contributed by atoms with van der Waals surface area (Å²) < 4.78 is 41.4. The Morgan fingerprint density at radius 2 is 1.81 bits per heavy atom. The van der Waals surface area contributed by atoms with Crippen LogP contribution in [0.1, 0.15) is 11.1 Å². The molecule has 0 amide bonds. The molecule has 0 saturated heterocycles. The molecule has 0 fully saturated rings. The second kappa shape index (κ2) is 13.3. The number of hydrogen-bond acceptors (Lipinski definition) is 6. The van der Waals surface area contributed by atoms with Gasteiger partial charge in [0.25, 0.3) is 0 Å². The molecule has 2 aromatic heterocycles. The third-order valence-electron chi connectivity index (χ3n) is 4.44. The topological polar surface area (TPSA) is 139 Å². The summed E-state index contributed by atoms with van der Waals surface area (Å²) in [6.07, 6.45) is 7.56. The zero-order valence-corrected chi connectivity index (χ0v) is 20.6. The lowest BCUT2D eigenvalue weighted by Crippen LogP contribution is -2.17. The fraction of sp³-hybridized carbons (Fsp3) is 0.125. The van der Waals surface area contributed by atoms with Gasteiger partial charge in [-0.15, -0.1) is 0 Å². The molecule has 0 aliphatic heterocycles. The van der Waals surface area contributed by atoms with E-state index in [1.54, 1.807) is 49.8 Å². The van der Waals surface area contributed by atoms with Crippen molar-refractivity contribution >= 4 is 39.6 Å². The van der Waals surface area contributed by atoms with Gasteiger partial charge in [-0.25, -0.2) is 26.4 Å². The van der Waals surface area contributed by atoms with Crippen molar-refractivity contribution in [3.63, 3.8) is 0 Å². The maximum atomic E-state index is 14.4. The number of benzene rings is 1. The van der Waals surface area contributed by atoms with Crippen molar-refractivity contribution in [2.75, 3.05) is 12.8 Å². The third kappa shape index (κ3) is 8.15. The van der Waals surface area contributed by atoms with Crippen LogP contribution in [-0.2, 0) is 26.2 Å². The van der Waals surface area contributed by atoms with Gasteiger partial charge in [0.2, 0.25) is 10.0 Å². The van der Waals surface area contributed by atoms with Gasteiger partial charge in [-0.1, -0.05) is 42.0 Å². The fourth-order valence-electron chi connectivity index (χ4n) is 2.96. The number of carboxylic acids is 2. The van der Waals surface area contributed by atoms with Crippen molar-refractivity contribution in [1.29, 1.82) is 0 Å². The second-order valence-corrected chi connectivity index (χ2v) is 9.32. The summed E-state index contributed by atoms with van der Waals surface area (Å²) in [5.41, 5.74) is 1.72. The van der Waals surface area contributed by atoms with Gasteiger partial charge >= 0.3 is 11.9 Å². The van der Waals surface area contributed by atoms with E-state index in [2.05, 4.69) is 10.3 Å². The highest BCUT2D eigenvalue weighted by molar-refractivity contribution is 7.90. The Balaban J connectivity index is 0.000000493. The normalized spacial score (nSPS) is 11.4. The van der Waals surface area contributed by atoms with Crippen LogP contribution in [-0.4, -0.2) is 52.3 Å². The number of aliphatic carboxylic acids is 2. The molecule has 3 N–H and O–H groups in total. The first-order chi connectivity index (χ1) is 17.1. The van der Waals surface area contributed by atoms with E-state index in [1.165, 1.54) is 18.2 Å². The molecule has 12 heteroatoms. The van der Waals surface area contributed by atoms with E-state index < -0.39 is 27.8 Å². The zero-order chi connectivity index (χ0) is 26.7. The van der Waals surface area contributed by atoms with Crippen LogP contribution in [0.4, 0.5) is 4.39 Å². The largest absolute Gasteiger partial charge is 0.478 e. The second-order valence-electron chi connectivity index (χ2n) is 7.10. The monoisotopic (exact) mass is 535 g/mol. The van der Waals surface area contributed by atoms with E-state index in [0.29, 0.717) is 24.3 Å². The van der Waals surface area contributed by atoms with E-state index in [9.17, 15) is 22.4 Å². The lowest BCUT2D eigenvalue weighted by molar-refractivity contribution is -0.134. The van der Waals surface area contributed by atoms with Crippen LogP contribution in [0.5, 0.6) is 0 Å². The predicted molar refractivity (Wildman–Crippen MR) is 134 cm³/mol. The molecule has 9 nitrogen and oxygen atoms in total. The molecule has 3 aromatic rings. The van der Waals surface area contributed by atoms with Gasteiger partial charge in [-0.05, 0) is 36.9 Å². The summed E-state index contributed by atoms with van der Waals surface area (Å²) in [6, 6.07) is 11.2. The zero-order valence-electron chi connectivity index (χ0n) is 19.0. The van der Waals surface area contributed by atoms with Gasteiger partial charge < -0.3 is 15.5 Å². The first-order valence-corrected chi connectivity index (χ1v) is 12.3. The van der Waals surface area contributed by atoms with E-state index >= 15 is 0 Å². The highest BCUT2D eigenvalue weighted by Gasteiger charge is 2.25. The number of halogens is 2. The van der Waals surface area contributed by atoms with E-state index in [-0.39, 0.29) is 22.2 Å². The molecule has 0 atom stereocenters. The molecule has 3 rings (SSSR count). The minimum atomic E-state index is -3.87. The van der Waals surface area contributed by atoms with Crippen LogP contribution in [0.15, 0.2) is 73.1 Å². The molecule has 0 saturated carbocycles. The van der Waals surface area contributed by atoms with Gasteiger partial charge in [-0.3, -0.25) is 4.98 Å². The lowest BCUT2D eigenvalue weighted by atomic mass is 10.1. The number of nitrogens with one attached hydrogen (secondary N) is 1. The first-order valence-electron chi connectivity index (χ1n) is 10.3. The van der Waals surface area contributed by atoms with Gasteiger partial charge in [0.05, 0.1) is 11.4 Å². The maximum absolute atomic E-state index is 14.4. The Hall–Kier alpha value is -3.80. The molecule has 0 spiro atoms. The molecular formula is C24H23ClFN3O6S. The van der Waals surface area contributed by atoms with Crippen molar-refractivity contribution < 1.29 is 32.6 Å². The van der Waals surface area contributed by atoms with Crippen molar-refractivity contribution in [3.05, 3.63) is 95.2 Å². The Labute approximate surface area is 212 Å². The summed E-state index contributed by atoms with van der Waals surface area (Å²) >= 11 is 6.38. The van der Waals surface area contributed by atoms with Crippen molar-refractivity contribution in [3.8, 4) is 11.3 Å². The van der Waals surface area contributed by atoms with Crippen molar-refractivity contribution in [1.82, 2.24) is 14.3 Å². The molecule has 190 valence electrons. The fourth-order valence-corrected chi connectivity index (χ4v) is 4.79. The van der Waals surface area contributed by atoms with Gasteiger partial charge in [-0.2, -0.15) is 0 Å². The Morgan fingerprint density at radius 1 is 1.14 bits per heavy atom. The Morgan fingerprint density at radius 3 is 2.36 bits per heavy atom. The van der Waals surface area contributed by atoms with Crippen LogP contribution in [0.2, 0.25) is 5.15 Å². The lowest BCUT2D eigenvalue weighted by Gasteiger charge is -2.11. The summed E-state index contributed by atoms with van der Waals surface area (Å²) in [6.45, 7) is 0.355. The SMILES string of the molecule is CNCc1cc(-c2ccccc2F)n(S(=O)(=O)CC=Cc2cccnc2)c1Cl.O=C(O)/C=C/C(=O)O. The maximum Gasteiger partial charge on any atom is 0.328 e. The summed E-state index contributed by atoms with van der Waals surface area (Å²) in [7, 11) is -2.15. The van der Waals surface area contributed by atoms with Crippen molar-refractivity contribution in [2.45, 2.75) is 6.54 Å². The molecule has 0 aliphatic rings. The molecule has 0 radical (unpaired) electrons. The molecule has 2 heterocycles. The molecule has 1 aromatic carbocycles. The van der Waals surface area contributed by atoms with Crippen LogP contribution < -0.4 is 5.32 Å². The molecular weight excluding hydrogens is 513 g/mol. The summed E-state index contributed by atoms with van der Waals surface area (Å²) in [4.78, 5) is 23.1. The number of nitrogens with zero attached hydrogens (tertiary/aromatic N) is 2. The minimum Gasteiger partial charge on any atom is -0.478 e. The van der Waals surface area contributed by atoms with E-state index in [1.807, 2.05) is 6.07 Å². The average molecular weight is 536 g/mol. The highest BCUT2D eigenvalue weighted by Crippen LogP contribution is 2.33. The van der Waals surface area contributed by atoms with Gasteiger partial charge in [0, 0.05) is 42.2 Å². The Kier molecular flexibility index (Phi) is 10.5. The average Bonchev–Trinajstić information content (AvgIpc) is 3.16. The molecule has 0 aliphatic carbocycles. The van der Waals surface area contributed by atoms with Crippen LogP contribution >= 0.6 is 11.6 Å². The number of aromatic nitrogens is 2. The number of carbonyl (C=O) groups is 2. The standard InChI is InChI=1S/C20H19ClFN3O2S.C4H4O4/c1-23-14-16-12-19(17-8-2-3-9-18(17)22)25(20(16)21)28(26,27)11-5-7-15-6-4-10-24-13-15;5-3(6)1-2-4(7)8/h2-10,12-13,23H,11,14H2,1H3;1-2H,(H,5,6)(H,7,8)/b;2-1+. The van der Waals surface area contributed by atoms with Gasteiger partial charge in [0.1, 0.15) is 11.0 Å². The molecule has 36 heavy (non-hydrogen) atoms.